The number of nitrogens with one attached hydrogen (secondary N) is 1. The summed E-state index contributed by atoms with van der Waals surface area (Å²) in [5.41, 5.74) is 1.51. The Morgan fingerprint density at radius 1 is 1.34 bits per heavy atom. The lowest BCUT2D eigenvalue weighted by molar-refractivity contribution is 0.00869. The number of allylic oxidation sites excluding steroid dienone is 3. The molecule has 2 heterocycles. The van der Waals surface area contributed by atoms with Crippen molar-refractivity contribution in [2.24, 2.45) is 16.3 Å². The van der Waals surface area contributed by atoms with E-state index >= 15 is 0 Å². The van der Waals surface area contributed by atoms with Crippen LogP contribution < -0.4 is 5.32 Å². The SMILES string of the molecule is CC.COC1CCC2(CC1)C/C(=C/C=C(\C)Br)C(C)C21NC(=S)N2CCCN=C21. The smallest absolute Gasteiger partial charge is 0.175 e. The molecule has 0 amide bonds. The lowest BCUT2D eigenvalue weighted by Crippen LogP contribution is -2.62. The van der Waals surface area contributed by atoms with Crippen LogP contribution in [0.2, 0.25) is 0 Å². The van der Waals surface area contributed by atoms with Crippen LogP contribution in [0.25, 0.3) is 0 Å². The van der Waals surface area contributed by atoms with Crippen molar-refractivity contribution in [3.63, 3.8) is 0 Å². The summed E-state index contributed by atoms with van der Waals surface area (Å²) >= 11 is 9.37. The molecule has 0 aromatic heterocycles. The van der Waals surface area contributed by atoms with Gasteiger partial charge in [0.1, 0.15) is 11.4 Å². The zero-order valence-corrected chi connectivity index (χ0v) is 21.0. The minimum Gasteiger partial charge on any atom is -0.381 e. The maximum absolute atomic E-state index is 5.79. The van der Waals surface area contributed by atoms with Crippen LogP contribution in [0.3, 0.4) is 0 Å². The quantitative estimate of drug-likeness (QED) is 0.521. The molecule has 2 aliphatic heterocycles. The Hall–Kier alpha value is -0.720. The van der Waals surface area contributed by atoms with Gasteiger partial charge in [0.25, 0.3) is 0 Å². The highest BCUT2D eigenvalue weighted by Gasteiger charge is 2.67. The fraction of sp³-hybridized carbons (Fsp3) is 0.739. The number of ether oxygens (including phenoxy) is 1. The first kappa shape index (κ1) is 23.0. The Morgan fingerprint density at radius 3 is 2.66 bits per heavy atom. The summed E-state index contributed by atoms with van der Waals surface area (Å²) in [6, 6.07) is 0. The minimum absolute atomic E-state index is 0.163. The summed E-state index contributed by atoms with van der Waals surface area (Å²) < 4.78 is 6.85. The second-order valence-electron chi connectivity index (χ2n) is 8.56. The number of hydrogen-bond donors (Lipinski definition) is 1. The number of aliphatic imine (C=N–C) groups is 1. The van der Waals surface area contributed by atoms with E-state index in [1.807, 2.05) is 21.0 Å². The van der Waals surface area contributed by atoms with E-state index in [1.165, 1.54) is 11.4 Å². The van der Waals surface area contributed by atoms with Gasteiger partial charge in [-0.3, -0.25) is 4.99 Å². The molecule has 2 saturated carbocycles. The van der Waals surface area contributed by atoms with Gasteiger partial charge in [-0.05, 0) is 62.1 Å². The van der Waals surface area contributed by atoms with Crippen LogP contribution in [0.5, 0.6) is 0 Å². The number of nitrogens with zero attached hydrogens (tertiary/aromatic N) is 2. The van der Waals surface area contributed by atoms with Crippen molar-refractivity contribution in [2.45, 2.75) is 77.9 Å². The lowest BCUT2D eigenvalue weighted by atomic mass is 9.60. The molecule has 29 heavy (non-hydrogen) atoms. The fourth-order valence-electron chi connectivity index (χ4n) is 5.90. The average Bonchev–Trinajstić information content (AvgIpc) is 3.17. The van der Waals surface area contributed by atoms with Crippen LogP contribution in [0.4, 0.5) is 0 Å². The second-order valence-corrected chi connectivity index (χ2v) is 10.2. The summed E-state index contributed by atoms with van der Waals surface area (Å²) in [6.45, 7) is 10.4. The number of hydrogen-bond acceptors (Lipinski definition) is 3. The number of amidine groups is 1. The average molecular weight is 483 g/mol. The molecular formula is C23H36BrN3OS. The van der Waals surface area contributed by atoms with Crippen LogP contribution >= 0.6 is 28.1 Å². The molecule has 4 aliphatic rings. The topological polar surface area (TPSA) is 36.9 Å². The zero-order chi connectivity index (χ0) is 21.2. The summed E-state index contributed by atoms with van der Waals surface area (Å²) in [5, 5.41) is 4.72. The highest BCUT2D eigenvalue weighted by atomic mass is 79.9. The van der Waals surface area contributed by atoms with Crippen molar-refractivity contribution in [1.29, 1.82) is 0 Å². The zero-order valence-electron chi connectivity index (χ0n) is 18.6. The van der Waals surface area contributed by atoms with Crippen LogP contribution in [-0.4, -0.2) is 47.7 Å². The van der Waals surface area contributed by atoms with Crippen LogP contribution in [0.1, 0.15) is 66.2 Å². The molecule has 4 rings (SSSR count). The van der Waals surface area contributed by atoms with Gasteiger partial charge in [-0.1, -0.05) is 54.4 Å². The van der Waals surface area contributed by atoms with Gasteiger partial charge in [0.05, 0.1) is 6.10 Å². The first-order valence-electron chi connectivity index (χ1n) is 11.1. The molecule has 0 bridgehead atoms. The van der Waals surface area contributed by atoms with E-state index in [1.54, 1.807) is 0 Å². The van der Waals surface area contributed by atoms with Crippen molar-refractivity contribution < 1.29 is 4.74 Å². The van der Waals surface area contributed by atoms with Crippen molar-refractivity contribution in [2.75, 3.05) is 20.2 Å². The van der Waals surface area contributed by atoms with E-state index in [0.717, 1.165) is 61.2 Å². The van der Waals surface area contributed by atoms with Crippen LogP contribution in [0, 0.1) is 11.3 Å². The molecule has 2 atom stereocenters. The van der Waals surface area contributed by atoms with Gasteiger partial charge in [0.15, 0.2) is 5.11 Å². The highest BCUT2D eigenvalue weighted by Crippen LogP contribution is 2.62. The van der Waals surface area contributed by atoms with E-state index in [4.69, 9.17) is 21.9 Å². The highest BCUT2D eigenvalue weighted by molar-refractivity contribution is 9.11. The van der Waals surface area contributed by atoms with Gasteiger partial charge in [0.2, 0.25) is 0 Å². The first-order chi connectivity index (χ1) is 13.9. The Balaban J connectivity index is 0.00000117. The van der Waals surface area contributed by atoms with Gasteiger partial charge in [0, 0.05) is 31.5 Å². The minimum atomic E-state index is -0.164. The molecule has 3 fully saturated rings. The molecule has 4 nitrogen and oxygen atoms in total. The summed E-state index contributed by atoms with van der Waals surface area (Å²) in [5.74, 6) is 1.59. The maximum atomic E-state index is 5.79. The Bertz CT molecular complexity index is 720. The van der Waals surface area contributed by atoms with E-state index in [9.17, 15) is 0 Å². The summed E-state index contributed by atoms with van der Waals surface area (Å²) in [6.07, 6.45) is 11.7. The normalized spacial score (nSPS) is 38.1. The third-order valence-electron chi connectivity index (χ3n) is 7.29. The van der Waals surface area contributed by atoms with Gasteiger partial charge >= 0.3 is 0 Å². The third kappa shape index (κ3) is 3.74. The standard InChI is InChI=1S/C21H30BrN3OS.C2H6/c1-14(22)5-6-16-13-20(9-7-17(26-3)8-10-20)21(15(16)2)18-23-11-4-12-25(18)19(27)24-21;1-2/h5-6,15,17H,4,7-13H2,1-3H3,(H,24,27);1-2H3/b14-5+,16-6-;. The second kappa shape index (κ2) is 9.19. The molecular weight excluding hydrogens is 446 g/mol. The van der Waals surface area contributed by atoms with Crippen molar-refractivity contribution in [1.82, 2.24) is 10.2 Å². The van der Waals surface area contributed by atoms with Crippen LogP contribution in [0.15, 0.2) is 27.2 Å². The van der Waals surface area contributed by atoms with E-state index in [0.29, 0.717) is 12.0 Å². The third-order valence-corrected chi connectivity index (χ3v) is 7.88. The molecule has 0 aromatic rings. The number of rotatable bonds is 2. The first-order valence-corrected chi connectivity index (χ1v) is 12.3. The van der Waals surface area contributed by atoms with Gasteiger partial charge in [-0.2, -0.15) is 0 Å². The van der Waals surface area contributed by atoms with Crippen molar-refractivity contribution in [3.8, 4) is 0 Å². The Labute approximate surface area is 190 Å². The fourth-order valence-corrected chi connectivity index (χ4v) is 6.37. The number of halogens is 1. The molecule has 0 radical (unpaired) electrons. The number of thiocarbonyl (C=S) groups is 1. The molecule has 1 saturated heterocycles. The van der Waals surface area contributed by atoms with Crippen LogP contribution in [-0.2, 0) is 4.74 Å². The molecule has 2 aliphatic carbocycles. The lowest BCUT2D eigenvalue weighted by Gasteiger charge is -2.49. The predicted octanol–water partition coefficient (Wildman–Crippen LogP) is 5.58. The summed E-state index contributed by atoms with van der Waals surface area (Å²) in [7, 11) is 1.85. The molecule has 0 aromatic carbocycles. The van der Waals surface area contributed by atoms with E-state index in [-0.39, 0.29) is 11.0 Å². The maximum Gasteiger partial charge on any atom is 0.175 e. The molecule has 162 valence electrons. The predicted molar refractivity (Wildman–Crippen MR) is 130 cm³/mol. The van der Waals surface area contributed by atoms with E-state index < -0.39 is 0 Å². The molecule has 6 heteroatoms. The van der Waals surface area contributed by atoms with E-state index in [2.05, 4.69) is 52.1 Å². The molecule has 2 unspecified atom stereocenters. The van der Waals surface area contributed by atoms with Gasteiger partial charge in [-0.15, -0.1) is 0 Å². The van der Waals surface area contributed by atoms with Gasteiger partial charge in [-0.25, -0.2) is 0 Å². The Morgan fingerprint density at radius 2 is 2.03 bits per heavy atom. The summed E-state index contributed by atoms with van der Waals surface area (Å²) in [4.78, 5) is 7.34. The number of fused-ring (bicyclic) bond motifs is 3. The molecule has 1 N–H and O–H groups in total. The van der Waals surface area contributed by atoms with Crippen molar-refractivity contribution >= 4 is 39.1 Å². The van der Waals surface area contributed by atoms with Gasteiger partial charge < -0.3 is 15.0 Å². The van der Waals surface area contributed by atoms with Crippen molar-refractivity contribution in [3.05, 3.63) is 22.2 Å². The molecule has 2 spiro atoms. The number of methoxy groups -OCH3 is 1. The Kier molecular flexibility index (Phi) is 7.27. The monoisotopic (exact) mass is 481 g/mol. The largest absolute Gasteiger partial charge is 0.381 e.